The molecule has 0 amide bonds. The third-order valence-electron chi connectivity index (χ3n) is 9.95. The highest BCUT2D eigenvalue weighted by molar-refractivity contribution is 5.91. The van der Waals surface area contributed by atoms with Crippen LogP contribution in [0, 0.1) is 46.3 Å². The molecule has 3 fully saturated rings. The number of carbonyl (C=O) groups excluding carboxylic acids is 1. The monoisotopic (exact) mass is 407 g/mol. The molecular formula is C27H44O2. The molecule has 0 aromatic rings. The minimum absolute atomic E-state index is 0.00496. The van der Waals surface area contributed by atoms with Gasteiger partial charge in [-0.05, 0) is 110 Å². The van der Waals surface area contributed by atoms with Crippen molar-refractivity contribution in [2.75, 3.05) is 0 Å². The van der Waals surface area contributed by atoms with Crippen molar-refractivity contribution in [2.24, 2.45) is 46.3 Å². The third kappa shape index (κ3) is 3.56. The molecule has 29 heavy (non-hydrogen) atoms. The molecule has 0 aromatic heterocycles. The van der Waals surface area contributed by atoms with Gasteiger partial charge in [0.15, 0.2) is 5.78 Å². The minimum Gasteiger partial charge on any atom is -0.393 e. The number of allylic oxidation sites excluding steroid dienone is 1. The van der Waals surface area contributed by atoms with E-state index < -0.39 is 25.7 Å². The van der Waals surface area contributed by atoms with Crippen LogP contribution >= 0.6 is 0 Å². The molecule has 4 rings (SSSR count). The Balaban J connectivity index is 1.46. The van der Waals surface area contributed by atoms with Gasteiger partial charge in [0.05, 0.1) is 6.10 Å². The minimum atomic E-state index is -3.10. The van der Waals surface area contributed by atoms with E-state index in [9.17, 15) is 9.90 Å². The van der Waals surface area contributed by atoms with E-state index in [4.69, 9.17) is 9.60 Å². The average molecular weight is 408 g/mol. The molecule has 1 N–H and O–H groups in total. The summed E-state index contributed by atoms with van der Waals surface area (Å²) in [5, 5.41) is 10.7. The van der Waals surface area contributed by atoms with Gasteiger partial charge in [0.25, 0.3) is 0 Å². The quantitative estimate of drug-likeness (QED) is 0.560. The first-order valence-electron chi connectivity index (χ1n) is 15.4. The van der Waals surface area contributed by atoms with Gasteiger partial charge in [0, 0.05) is 16.0 Å². The standard InChI is InChI=1S/C27H44O2/c1-17(2)25(29)11-6-18(3)22-9-10-23-21-8-7-19-16-20(28)12-14-26(19,4)24(21)13-15-27(22,23)5/h16-18,21-25,29H,6-15H2,1-5H3/t18-,21+,22-,23+,24+,25?,26+,27-/m1/s1/i1D3,2D3,17D. The van der Waals surface area contributed by atoms with Crippen LogP contribution in [0.1, 0.15) is 108 Å². The van der Waals surface area contributed by atoms with Crippen molar-refractivity contribution in [1.29, 1.82) is 0 Å². The molecule has 4 aliphatic carbocycles. The van der Waals surface area contributed by atoms with Crippen LogP contribution in [-0.4, -0.2) is 17.0 Å². The fourth-order valence-electron chi connectivity index (χ4n) is 8.30. The maximum Gasteiger partial charge on any atom is 0.155 e. The first kappa shape index (κ1) is 14.4. The summed E-state index contributed by atoms with van der Waals surface area (Å²) in [5.41, 5.74) is 1.70. The van der Waals surface area contributed by atoms with Gasteiger partial charge in [0.2, 0.25) is 0 Å². The van der Waals surface area contributed by atoms with Crippen molar-refractivity contribution in [2.45, 2.75) is 105 Å². The molecule has 0 heterocycles. The van der Waals surface area contributed by atoms with Crippen LogP contribution in [0.5, 0.6) is 0 Å². The summed E-state index contributed by atoms with van der Waals surface area (Å²) in [6.45, 7) is 0.777. The molecule has 0 saturated heterocycles. The van der Waals surface area contributed by atoms with Gasteiger partial charge in [-0.2, -0.15) is 0 Å². The summed E-state index contributed by atoms with van der Waals surface area (Å²) in [6.07, 6.45) is 9.13. The zero-order valence-corrected chi connectivity index (χ0v) is 18.5. The van der Waals surface area contributed by atoms with Crippen LogP contribution in [0.15, 0.2) is 11.6 Å². The van der Waals surface area contributed by atoms with Gasteiger partial charge < -0.3 is 5.11 Å². The number of ketones is 1. The zero-order valence-electron chi connectivity index (χ0n) is 25.5. The number of hydrogen-bond acceptors (Lipinski definition) is 2. The molecule has 2 heteroatoms. The second-order valence-electron chi connectivity index (χ2n) is 11.2. The van der Waals surface area contributed by atoms with Gasteiger partial charge in [-0.3, -0.25) is 4.79 Å². The van der Waals surface area contributed by atoms with E-state index in [1.54, 1.807) is 0 Å². The van der Waals surface area contributed by atoms with Crippen LogP contribution in [-0.2, 0) is 4.79 Å². The van der Waals surface area contributed by atoms with E-state index in [2.05, 4.69) is 20.8 Å². The van der Waals surface area contributed by atoms with E-state index >= 15 is 0 Å². The normalized spacial score (nSPS) is 48.8. The van der Waals surface area contributed by atoms with E-state index in [1.165, 1.54) is 18.4 Å². The van der Waals surface area contributed by atoms with Crippen LogP contribution in [0.25, 0.3) is 0 Å². The molecule has 0 radical (unpaired) electrons. The smallest absolute Gasteiger partial charge is 0.155 e. The SMILES string of the molecule is [2H]C([2H])([2H])C([2H])(C(O)CC[C@@H](C)[C@H]1CC[C@H]2[C@@H]3CCC4=CC(=O)CC[C@]4(C)[C@H]3CC[C@]12C)C([2H])([2H])[2H]. The lowest BCUT2D eigenvalue weighted by Gasteiger charge is -2.58. The lowest BCUT2D eigenvalue weighted by molar-refractivity contribution is -0.117. The van der Waals surface area contributed by atoms with Gasteiger partial charge in [0.1, 0.15) is 0 Å². The highest BCUT2D eigenvalue weighted by Gasteiger charge is 2.59. The zero-order chi connectivity index (χ0) is 26.9. The Morgan fingerprint density at radius 2 is 1.93 bits per heavy atom. The van der Waals surface area contributed by atoms with Crippen molar-refractivity contribution < 1.29 is 19.5 Å². The molecule has 0 aromatic carbocycles. The first-order chi connectivity index (χ1) is 16.5. The van der Waals surface area contributed by atoms with Gasteiger partial charge in [-0.1, -0.05) is 40.0 Å². The van der Waals surface area contributed by atoms with Crippen molar-refractivity contribution >= 4 is 5.78 Å². The molecule has 0 bridgehead atoms. The molecule has 8 atom stereocenters. The Hall–Kier alpha value is -0.630. The van der Waals surface area contributed by atoms with Gasteiger partial charge >= 0.3 is 0 Å². The Morgan fingerprint density at radius 3 is 2.69 bits per heavy atom. The van der Waals surface area contributed by atoms with E-state index in [-0.39, 0.29) is 29.0 Å². The topological polar surface area (TPSA) is 37.3 Å². The average Bonchev–Trinajstić information content (AvgIpc) is 3.12. The summed E-state index contributed by atoms with van der Waals surface area (Å²) in [6, 6.07) is 0. The molecule has 2 nitrogen and oxygen atoms in total. The lowest BCUT2D eigenvalue weighted by Crippen LogP contribution is -2.51. The number of aliphatic hydroxyl groups is 1. The van der Waals surface area contributed by atoms with Crippen molar-refractivity contribution in [3.63, 3.8) is 0 Å². The van der Waals surface area contributed by atoms with Crippen molar-refractivity contribution in [3.05, 3.63) is 11.6 Å². The summed E-state index contributed by atoms with van der Waals surface area (Å²) in [4.78, 5) is 12.1. The Bertz CT molecular complexity index is 880. The van der Waals surface area contributed by atoms with E-state index in [0.717, 1.165) is 32.1 Å². The van der Waals surface area contributed by atoms with Crippen LogP contribution in [0.4, 0.5) is 0 Å². The lowest BCUT2D eigenvalue weighted by atomic mass is 9.46. The summed E-state index contributed by atoms with van der Waals surface area (Å²) >= 11 is 0. The Labute approximate surface area is 188 Å². The molecule has 0 aliphatic heterocycles. The predicted octanol–water partition coefficient (Wildman–Crippen LogP) is 6.57. The first-order valence-corrected chi connectivity index (χ1v) is 11.9. The summed E-state index contributed by atoms with van der Waals surface area (Å²) in [5.74, 6) is -0.0308. The summed E-state index contributed by atoms with van der Waals surface area (Å²) in [7, 11) is 0. The number of hydrogen-bond donors (Lipinski definition) is 1. The van der Waals surface area contributed by atoms with E-state index in [0.29, 0.717) is 36.5 Å². The number of carbonyl (C=O) groups is 1. The maximum atomic E-state index is 12.1. The number of rotatable bonds is 5. The fraction of sp³-hybridized carbons (Fsp3) is 0.889. The second-order valence-corrected chi connectivity index (χ2v) is 11.2. The van der Waals surface area contributed by atoms with Crippen molar-refractivity contribution in [1.82, 2.24) is 0 Å². The largest absolute Gasteiger partial charge is 0.393 e. The van der Waals surface area contributed by atoms with Gasteiger partial charge in [-0.25, -0.2) is 0 Å². The predicted molar refractivity (Wildman–Crippen MR) is 119 cm³/mol. The third-order valence-corrected chi connectivity index (χ3v) is 9.95. The highest BCUT2D eigenvalue weighted by Crippen LogP contribution is 2.67. The number of aliphatic hydroxyl groups excluding tert-OH is 1. The van der Waals surface area contributed by atoms with Crippen LogP contribution in [0.2, 0.25) is 0 Å². The molecule has 3 saturated carbocycles. The van der Waals surface area contributed by atoms with Crippen LogP contribution < -0.4 is 0 Å². The fourth-order valence-corrected chi connectivity index (χ4v) is 8.30. The highest BCUT2D eigenvalue weighted by atomic mass is 16.3. The Morgan fingerprint density at radius 1 is 1.14 bits per heavy atom. The molecule has 0 spiro atoms. The molecule has 4 aliphatic rings. The van der Waals surface area contributed by atoms with E-state index in [1.807, 2.05) is 6.08 Å². The molecule has 1 unspecified atom stereocenters. The molecule has 164 valence electrons. The van der Waals surface area contributed by atoms with Gasteiger partial charge in [-0.15, -0.1) is 0 Å². The Kier molecular flexibility index (Phi) is 3.89. The van der Waals surface area contributed by atoms with Crippen molar-refractivity contribution in [3.8, 4) is 0 Å². The summed E-state index contributed by atoms with van der Waals surface area (Å²) < 4.78 is 54.2. The second kappa shape index (κ2) is 7.81. The maximum absolute atomic E-state index is 12.1. The van der Waals surface area contributed by atoms with Crippen LogP contribution in [0.3, 0.4) is 0 Å². The number of fused-ring (bicyclic) bond motifs is 5. The molecular weight excluding hydrogens is 356 g/mol.